The molecule has 18 heavy (non-hydrogen) atoms. The molecule has 0 saturated carbocycles. The molecule has 0 spiro atoms. The molecule has 0 unspecified atom stereocenters. The minimum absolute atomic E-state index is 0.00551. The van der Waals surface area contributed by atoms with Gasteiger partial charge in [0.25, 0.3) is 5.91 Å². The van der Waals surface area contributed by atoms with E-state index in [4.69, 9.17) is 4.74 Å². The Labute approximate surface area is 120 Å². The molecule has 0 saturated heterocycles. The molecule has 0 radical (unpaired) electrons. The number of thioether (sulfide) groups is 1. The van der Waals surface area contributed by atoms with Crippen molar-refractivity contribution in [3.63, 3.8) is 0 Å². The van der Waals surface area contributed by atoms with Crippen molar-refractivity contribution < 1.29 is 14.3 Å². The maximum Gasteiger partial charge on any atom is 0.257 e. The summed E-state index contributed by atoms with van der Waals surface area (Å²) in [5.74, 6) is 0.454. The summed E-state index contributed by atoms with van der Waals surface area (Å²) in [4.78, 5) is 22.9. The Balaban J connectivity index is 2.40. The highest BCUT2D eigenvalue weighted by Crippen LogP contribution is 2.42. The molecule has 1 aliphatic heterocycles. The van der Waals surface area contributed by atoms with E-state index in [-0.39, 0.29) is 22.4 Å². The lowest BCUT2D eigenvalue weighted by Gasteiger charge is -2.23. The van der Waals surface area contributed by atoms with Gasteiger partial charge in [-0.05, 0) is 19.8 Å². The van der Waals surface area contributed by atoms with E-state index < -0.39 is 0 Å². The zero-order chi connectivity index (χ0) is 13.6. The van der Waals surface area contributed by atoms with Crippen LogP contribution in [0.15, 0.2) is 11.8 Å². The molecule has 0 bridgehead atoms. The lowest BCUT2D eigenvalue weighted by atomic mass is 10.1. The molecule has 1 rings (SSSR count). The van der Waals surface area contributed by atoms with E-state index in [1.807, 2.05) is 13.8 Å². The molecule has 0 aromatic carbocycles. The fourth-order valence-corrected chi connectivity index (χ4v) is 2.74. The van der Waals surface area contributed by atoms with Crippen LogP contribution < -0.4 is 5.32 Å². The summed E-state index contributed by atoms with van der Waals surface area (Å²) in [6.45, 7) is 4.55. The van der Waals surface area contributed by atoms with Crippen LogP contribution in [0, 0.1) is 0 Å². The molecule has 1 N–H and O–H groups in total. The van der Waals surface area contributed by atoms with E-state index in [9.17, 15) is 9.59 Å². The fraction of sp³-hybridized carbons (Fsp3) is 0.667. The lowest BCUT2D eigenvalue weighted by molar-refractivity contribution is -0.124. The summed E-state index contributed by atoms with van der Waals surface area (Å²) in [6, 6.07) is 0. The van der Waals surface area contributed by atoms with Crippen LogP contribution in [0.4, 0.5) is 0 Å². The molecule has 102 valence electrons. The van der Waals surface area contributed by atoms with Crippen LogP contribution in [0.2, 0.25) is 0 Å². The number of hydrogen-bond acceptors (Lipinski definition) is 4. The number of carbonyl (C=O) groups is 2. The zero-order valence-corrected chi connectivity index (χ0v) is 13.0. The van der Waals surface area contributed by atoms with Gasteiger partial charge in [0, 0.05) is 18.0 Å². The number of halogens is 1. The van der Waals surface area contributed by atoms with E-state index in [1.165, 1.54) is 17.8 Å². The van der Waals surface area contributed by atoms with Crippen molar-refractivity contribution in [3.05, 3.63) is 11.8 Å². The topological polar surface area (TPSA) is 55.4 Å². The first kappa shape index (κ1) is 15.6. The van der Waals surface area contributed by atoms with Gasteiger partial charge in [-0.15, -0.1) is 0 Å². The highest BCUT2D eigenvalue weighted by atomic mass is 79.9. The molecule has 1 atom stereocenters. The van der Waals surface area contributed by atoms with Gasteiger partial charge < -0.3 is 10.1 Å². The van der Waals surface area contributed by atoms with Gasteiger partial charge in [-0.2, -0.15) is 0 Å². The van der Waals surface area contributed by atoms with Crippen molar-refractivity contribution in [2.24, 2.45) is 0 Å². The third-order valence-corrected chi connectivity index (χ3v) is 4.58. The number of carbonyl (C=O) groups excluding carboxylic acids is 2. The first-order valence-electron chi connectivity index (χ1n) is 5.92. The molecular formula is C12H18BrNO3S. The van der Waals surface area contributed by atoms with Gasteiger partial charge in [-0.25, -0.2) is 0 Å². The average molecular weight is 336 g/mol. The summed E-state index contributed by atoms with van der Waals surface area (Å²) in [6.07, 6.45) is 3.16. The number of amides is 1. The molecule has 0 aromatic heterocycles. The first-order chi connectivity index (χ1) is 8.51. The maximum absolute atomic E-state index is 11.5. The van der Waals surface area contributed by atoms with Gasteiger partial charge in [0.2, 0.25) is 5.12 Å². The minimum Gasteiger partial charge on any atom is -0.486 e. The average Bonchev–Trinajstić information content (AvgIpc) is 2.63. The van der Waals surface area contributed by atoms with Crippen molar-refractivity contribution in [1.29, 1.82) is 0 Å². The van der Waals surface area contributed by atoms with Crippen LogP contribution in [-0.2, 0) is 14.3 Å². The molecule has 1 heterocycles. The lowest BCUT2D eigenvalue weighted by Crippen LogP contribution is -2.30. The van der Waals surface area contributed by atoms with Gasteiger partial charge in [0.05, 0.1) is 4.75 Å². The van der Waals surface area contributed by atoms with Crippen LogP contribution in [0.1, 0.15) is 26.7 Å². The number of alkyl halides is 1. The summed E-state index contributed by atoms with van der Waals surface area (Å²) in [5, 5.41) is 3.61. The maximum atomic E-state index is 11.5. The molecular weight excluding hydrogens is 318 g/mol. The monoisotopic (exact) mass is 335 g/mol. The van der Waals surface area contributed by atoms with Crippen LogP contribution in [0.5, 0.6) is 0 Å². The molecule has 4 nitrogen and oxygen atoms in total. The highest BCUT2D eigenvalue weighted by Gasteiger charge is 2.38. The van der Waals surface area contributed by atoms with Gasteiger partial charge in [0.15, 0.2) is 6.61 Å². The Bertz CT molecular complexity index is 359. The van der Waals surface area contributed by atoms with Crippen LogP contribution in [0.3, 0.4) is 0 Å². The van der Waals surface area contributed by atoms with E-state index in [0.717, 1.165) is 18.2 Å². The SMILES string of the molecule is CC[C@@]1(C)SC(=O)C=C1OCC(=O)NCCCBr. The molecule has 6 heteroatoms. The minimum atomic E-state index is -0.326. The highest BCUT2D eigenvalue weighted by molar-refractivity contribution is 9.09. The molecule has 0 aliphatic carbocycles. The summed E-state index contributed by atoms with van der Waals surface area (Å²) < 4.78 is 5.14. The van der Waals surface area contributed by atoms with Crippen molar-refractivity contribution in [3.8, 4) is 0 Å². The van der Waals surface area contributed by atoms with Crippen molar-refractivity contribution in [2.75, 3.05) is 18.5 Å². The van der Waals surface area contributed by atoms with E-state index in [2.05, 4.69) is 21.2 Å². The first-order valence-corrected chi connectivity index (χ1v) is 7.86. The van der Waals surface area contributed by atoms with Crippen molar-refractivity contribution in [2.45, 2.75) is 31.4 Å². The van der Waals surface area contributed by atoms with Gasteiger partial charge in [-0.1, -0.05) is 34.6 Å². The molecule has 1 aliphatic rings. The summed E-state index contributed by atoms with van der Waals surface area (Å²) >= 11 is 4.55. The Morgan fingerprint density at radius 1 is 1.61 bits per heavy atom. The third-order valence-electron chi connectivity index (χ3n) is 2.76. The Morgan fingerprint density at radius 2 is 2.33 bits per heavy atom. The number of rotatable bonds is 7. The smallest absolute Gasteiger partial charge is 0.257 e. The van der Waals surface area contributed by atoms with Crippen LogP contribution in [0.25, 0.3) is 0 Å². The molecule has 1 amide bonds. The Morgan fingerprint density at radius 3 is 2.94 bits per heavy atom. The van der Waals surface area contributed by atoms with Crippen molar-refractivity contribution in [1.82, 2.24) is 5.32 Å². The number of nitrogens with one attached hydrogen (secondary N) is 1. The second-order valence-electron chi connectivity index (χ2n) is 4.20. The summed E-state index contributed by atoms with van der Waals surface area (Å²) in [7, 11) is 0. The van der Waals surface area contributed by atoms with Gasteiger partial charge >= 0.3 is 0 Å². The van der Waals surface area contributed by atoms with E-state index >= 15 is 0 Å². The van der Waals surface area contributed by atoms with Gasteiger partial charge in [-0.3, -0.25) is 9.59 Å². The quantitative estimate of drug-likeness (QED) is 0.572. The second-order valence-corrected chi connectivity index (χ2v) is 6.50. The fourth-order valence-electron chi connectivity index (χ4n) is 1.49. The largest absolute Gasteiger partial charge is 0.486 e. The Hall–Kier alpha value is -0.490. The van der Waals surface area contributed by atoms with Gasteiger partial charge in [0.1, 0.15) is 5.76 Å². The normalized spacial score (nSPS) is 22.8. The predicted molar refractivity (Wildman–Crippen MR) is 76.7 cm³/mol. The molecule has 0 fully saturated rings. The van der Waals surface area contributed by atoms with Crippen LogP contribution >= 0.6 is 27.7 Å². The standard InChI is InChI=1S/C12H18BrNO3S/c1-3-12(2)9(7-11(16)18-12)17-8-10(15)14-6-4-5-13/h7H,3-6,8H2,1-2H3,(H,14,15)/t12-/m1/s1. The third kappa shape index (κ3) is 4.31. The zero-order valence-electron chi connectivity index (χ0n) is 10.6. The predicted octanol–water partition coefficient (Wildman–Crippen LogP) is 2.23. The van der Waals surface area contributed by atoms with Crippen molar-refractivity contribution >= 4 is 38.7 Å². The molecule has 0 aromatic rings. The number of ether oxygens (including phenoxy) is 1. The van der Waals surface area contributed by atoms with E-state index in [0.29, 0.717) is 12.3 Å². The summed E-state index contributed by atoms with van der Waals surface area (Å²) in [5.41, 5.74) is 0. The van der Waals surface area contributed by atoms with Crippen LogP contribution in [-0.4, -0.2) is 34.3 Å². The Kier molecular flexibility index (Phi) is 6.21. The number of hydrogen-bond donors (Lipinski definition) is 1. The van der Waals surface area contributed by atoms with E-state index in [1.54, 1.807) is 0 Å². The second kappa shape index (κ2) is 7.19.